The van der Waals surface area contributed by atoms with Crippen molar-refractivity contribution >= 4 is 23.2 Å². The fourth-order valence-corrected chi connectivity index (χ4v) is 2.27. The van der Waals surface area contributed by atoms with Crippen molar-refractivity contribution in [2.45, 2.75) is 12.6 Å². The maximum Gasteiger partial charge on any atom is 0.418 e. The molecule has 0 radical (unpaired) electrons. The first kappa shape index (κ1) is 13.2. The van der Waals surface area contributed by atoms with Crippen LogP contribution in [0.25, 0.3) is 0 Å². The van der Waals surface area contributed by atoms with Crippen molar-refractivity contribution in [2.24, 2.45) is 5.92 Å². The molecule has 0 aliphatic carbocycles. The molecule has 1 saturated heterocycles. The van der Waals surface area contributed by atoms with E-state index >= 15 is 0 Å². The van der Waals surface area contributed by atoms with E-state index in [1.165, 1.54) is 23.1 Å². The van der Waals surface area contributed by atoms with Crippen molar-refractivity contribution in [3.05, 3.63) is 29.8 Å². The van der Waals surface area contributed by atoms with Crippen molar-refractivity contribution < 1.29 is 18.0 Å². The van der Waals surface area contributed by atoms with Gasteiger partial charge in [0.25, 0.3) is 0 Å². The summed E-state index contributed by atoms with van der Waals surface area (Å²) in [7, 11) is 0. The Morgan fingerprint density at radius 3 is 2.56 bits per heavy atom. The molecule has 1 aromatic rings. The molecule has 1 atom stereocenters. The number of carbonyl (C=O) groups is 1. The van der Waals surface area contributed by atoms with Crippen molar-refractivity contribution in [1.82, 2.24) is 0 Å². The van der Waals surface area contributed by atoms with E-state index in [0.717, 1.165) is 6.07 Å². The number of benzene rings is 1. The molecule has 0 bridgehead atoms. The van der Waals surface area contributed by atoms with E-state index in [1.54, 1.807) is 0 Å². The molecule has 0 saturated carbocycles. The van der Waals surface area contributed by atoms with Gasteiger partial charge in [-0.1, -0.05) is 12.1 Å². The van der Waals surface area contributed by atoms with Crippen LogP contribution in [0.3, 0.4) is 0 Å². The lowest BCUT2D eigenvalue weighted by atomic mass is 10.1. The summed E-state index contributed by atoms with van der Waals surface area (Å²) in [6, 6.07) is 5.10. The van der Waals surface area contributed by atoms with Crippen molar-refractivity contribution in [2.75, 3.05) is 17.3 Å². The Morgan fingerprint density at radius 1 is 1.33 bits per heavy atom. The molecule has 18 heavy (non-hydrogen) atoms. The van der Waals surface area contributed by atoms with Gasteiger partial charge < -0.3 is 4.90 Å². The summed E-state index contributed by atoms with van der Waals surface area (Å²) in [5.74, 6) is -0.117. The average molecular weight is 278 g/mol. The Labute approximate surface area is 107 Å². The summed E-state index contributed by atoms with van der Waals surface area (Å²) in [5.41, 5.74) is -0.865. The third-order valence-electron chi connectivity index (χ3n) is 2.92. The molecular weight excluding hydrogens is 267 g/mol. The van der Waals surface area contributed by atoms with Gasteiger partial charge in [0, 0.05) is 18.8 Å². The highest BCUT2D eigenvalue weighted by molar-refractivity contribution is 6.18. The summed E-state index contributed by atoms with van der Waals surface area (Å²) in [6.07, 6.45) is -4.26. The van der Waals surface area contributed by atoms with Gasteiger partial charge in [-0.15, -0.1) is 11.6 Å². The molecular formula is C12H11ClF3NO. The Balaban J connectivity index is 2.37. The van der Waals surface area contributed by atoms with Crippen LogP contribution in [0.15, 0.2) is 24.3 Å². The van der Waals surface area contributed by atoms with Crippen molar-refractivity contribution in [3.63, 3.8) is 0 Å². The number of anilines is 1. The van der Waals surface area contributed by atoms with Crippen LogP contribution in [0, 0.1) is 5.92 Å². The van der Waals surface area contributed by atoms with Crippen LogP contribution >= 0.6 is 11.6 Å². The SMILES string of the molecule is O=C1CC(CCl)CN1c1ccccc1C(F)(F)F. The zero-order valence-electron chi connectivity index (χ0n) is 9.38. The first-order valence-electron chi connectivity index (χ1n) is 5.46. The van der Waals surface area contributed by atoms with Gasteiger partial charge in [-0.05, 0) is 18.1 Å². The zero-order valence-corrected chi connectivity index (χ0v) is 10.1. The van der Waals surface area contributed by atoms with Crippen molar-refractivity contribution in [3.8, 4) is 0 Å². The lowest BCUT2D eigenvalue weighted by molar-refractivity contribution is -0.137. The van der Waals surface area contributed by atoms with Crippen molar-refractivity contribution in [1.29, 1.82) is 0 Å². The normalized spacial score (nSPS) is 20.6. The van der Waals surface area contributed by atoms with E-state index in [9.17, 15) is 18.0 Å². The van der Waals surface area contributed by atoms with E-state index in [-0.39, 0.29) is 36.4 Å². The van der Waals surface area contributed by atoms with E-state index in [2.05, 4.69) is 0 Å². The Hall–Kier alpha value is -1.23. The van der Waals surface area contributed by atoms with Gasteiger partial charge in [0.15, 0.2) is 0 Å². The Bertz CT molecular complexity index is 461. The van der Waals surface area contributed by atoms with Crippen LogP contribution in [0.5, 0.6) is 0 Å². The minimum atomic E-state index is -4.46. The molecule has 1 aliphatic heterocycles. The van der Waals surface area contributed by atoms with Gasteiger partial charge in [0.05, 0.1) is 11.3 Å². The third kappa shape index (κ3) is 2.46. The molecule has 1 heterocycles. The number of hydrogen-bond acceptors (Lipinski definition) is 1. The molecule has 1 amide bonds. The lowest BCUT2D eigenvalue weighted by Gasteiger charge is -2.21. The van der Waals surface area contributed by atoms with Gasteiger partial charge in [-0.25, -0.2) is 0 Å². The number of para-hydroxylation sites is 1. The van der Waals surface area contributed by atoms with Crippen LogP contribution in [0.1, 0.15) is 12.0 Å². The number of nitrogens with zero attached hydrogens (tertiary/aromatic N) is 1. The Morgan fingerprint density at radius 2 is 2.00 bits per heavy atom. The lowest BCUT2D eigenvalue weighted by Crippen LogP contribution is -2.27. The third-order valence-corrected chi connectivity index (χ3v) is 3.36. The van der Waals surface area contributed by atoms with Gasteiger partial charge in [0.2, 0.25) is 5.91 Å². The summed E-state index contributed by atoms with van der Waals surface area (Å²) in [4.78, 5) is 12.9. The second-order valence-electron chi connectivity index (χ2n) is 4.24. The number of rotatable bonds is 2. The molecule has 2 nitrogen and oxygen atoms in total. The fourth-order valence-electron chi connectivity index (χ4n) is 2.07. The second-order valence-corrected chi connectivity index (χ2v) is 4.55. The highest BCUT2D eigenvalue weighted by Gasteiger charge is 2.38. The summed E-state index contributed by atoms with van der Waals surface area (Å²) in [5, 5.41) is 0. The van der Waals surface area contributed by atoms with Gasteiger partial charge in [-0.2, -0.15) is 13.2 Å². The van der Waals surface area contributed by atoms with Crippen LogP contribution in [0.2, 0.25) is 0 Å². The number of carbonyl (C=O) groups excluding carboxylic acids is 1. The summed E-state index contributed by atoms with van der Waals surface area (Å²) in [6.45, 7) is 0.245. The molecule has 1 unspecified atom stereocenters. The molecule has 0 aromatic heterocycles. The molecule has 0 N–H and O–H groups in total. The van der Waals surface area contributed by atoms with Crippen LogP contribution in [-0.4, -0.2) is 18.3 Å². The predicted molar refractivity (Wildman–Crippen MR) is 62.6 cm³/mol. The first-order chi connectivity index (χ1) is 8.43. The van der Waals surface area contributed by atoms with E-state index in [1.807, 2.05) is 0 Å². The standard InChI is InChI=1S/C12H11ClF3NO/c13-6-8-5-11(18)17(7-8)10-4-2-1-3-9(10)12(14,15)16/h1-4,8H,5-7H2. The zero-order chi connectivity index (χ0) is 13.3. The minimum Gasteiger partial charge on any atom is -0.311 e. The summed E-state index contributed by atoms with van der Waals surface area (Å²) >= 11 is 5.65. The number of hydrogen-bond donors (Lipinski definition) is 0. The quantitative estimate of drug-likeness (QED) is 0.760. The molecule has 0 spiro atoms. The topological polar surface area (TPSA) is 20.3 Å². The minimum absolute atomic E-state index is 0.0809. The van der Waals surface area contributed by atoms with Crippen LogP contribution in [0.4, 0.5) is 18.9 Å². The average Bonchev–Trinajstić information content (AvgIpc) is 2.69. The highest BCUT2D eigenvalue weighted by Crippen LogP contribution is 2.38. The van der Waals surface area contributed by atoms with Gasteiger partial charge in [-0.3, -0.25) is 4.79 Å². The second kappa shape index (κ2) is 4.80. The van der Waals surface area contributed by atoms with E-state index in [0.29, 0.717) is 0 Å². The van der Waals surface area contributed by atoms with Gasteiger partial charge in [0.1, 0.15) is 0 Å². The molecule has 98 valence electrons. The highest BCUT2D eigenvalue weighted by atomic mass is 35.5. The number of alkyl halides is 4. The molecule has 2 rings (SSSR count). The maximum atomic E-state index is 12.8. The van der Waals surface area contributed by atoms with Gasteiger partial charge >= 0.3 is 6.18 Å². The smallest absolute Gasteiger partial charge is 0.311 e. The first-order valence-corrected chi connectivity index (χ1v) is 5.99. The number of amides is 1. The molecule has 1 aliphatic rings. The van der Waals surface area contributed by atoms with Crippen LogP contribution in [-0.2, 0) is 11.0 Å². The molecule has 1 fully saturated rings. The van der Waals surface area contributed by atoms with E-state index < -0.39 is 11.7 Å². The van der Waals surface area contributed by atoms with Crippen LogP contribution < -0.4 is 4.90 Å². The largest absolute Gasteiger partial charge is 0.418 e. The predicted octanol–water partition coefficient (Wildman–Crippen LogP) is 3.30. The Kier molecular flexibility index (Phi) is 3.52. The number of halogens is 4. The summed E-state index contributed by atoms with van der Waals surface area (Å²) < 4.78 is 38.5. The maximum absolute atomic E-state index is 12.8. The fraction of sp³-hybridized carbons (Fsp3) is 0.417. The molecule has 1 aromatic carbocycles. The van der Waals surface area contributed by atoms with E-state index in [4.69, 9.17) is 11.6 Å². The monoisotopic (exact) mass is 277 g/mol. The molecule has 6 heteroatoms.